The van der Waals surface area contributed by atoms with Crippen LogP contribution in [-0.4, -0.2) is 5.96 Å². The van der Waals surface area contributed by atoms with Crippen molar-refractivity contribution in [2.24, 2.45) is 16.5 Å². The molecule has 2 aromatic carbocycles. The summed E-state index contributed by atoms with van der Waals surface area (Å²) in [5.74, 6) is 0.120. The van der Waals surface area contributed by atoms with E-state index in [0.29, 0.717) is 6.54 Å². The van der Waals surface area contributed by atoms with Gasteiger partial charge in [0.25, 0.3) is 0 Å². The van der Waals surface area contributed by atoms with E-state index >= 15 is 0 Å². The molecule has 0 aromatic heterocycles. The Balaban J connectivity index is 0.00000162. The van der Waals surface area contributed by atoms with Gasteiger partial charge in [-0.3, -0.25) is 0 Å². The number of halogens is 1. The SMILES string of the molecule is Cl.NC(N)=NCc1cccc(-c2ccccc2)c1. The third-order valence-electron chi connectivity index (χ3n) is 2.48. The molecule has 2 aromatic rings. The molecule has 0 aliphatic carbocycles. The number of hydrogen-bond donors (Lipinski definition) is 2. The maximum atomic E-state index is 5.32. The van der Waals surface area contributed by atoms with Crippen LogP contribution < -0.4 is 11.5 Å². The standard InChI is InChI=1S/C14H15N3.ClH/c15-14(16)17-10-11-5-4-8-13(9-11)12-6-2-1-3-7-12;/h1-9H,10H2,(H4,15,16,17);1H. The van der Waals surface area contributed by atoms with E-state index in [1.165, 1.54) is 11.1 Å². The van der Waals surface area contributed by atoms with Gasteiger partial charge in [0.2, 0.25) is 0 Å². The van der Waals surface area contributed by atoms with Crippen LogP contribution in [-0.2, 0) is 6.54 Å². The van der Waals surface area contributed by atoms with Crippen molar-refractivity contribution >= 4 is 18.4 Å². The molecule has 94 valence electrons. The second-order valence-electron chi connectivity index (χ2n) is 3.81. The van der Waals surface area contributed by atoms with Gasteiger partial charge in [-0.2, -0.15) is 0 Å². The van der Waals surface area contributed by atoms with Crippen LogP contribution in [0.5, 0.6) is 0 Å². The summed E-state index contributed by atoms with van der Waals surface area (Å²) >= 11 is 0. The summed E-state index contributed by atoms with van der Waals surface area (Å²) in [6, 6.07) is 18.4. The first kappa shape index (κ1) is 14.1. The van der Waals surface area contributed by atoms with Crippen molar-refractivity contribution in [3.8, 4) is 11.1 Å². The fourth-order valence-corrected chi connectivity index (χ4v) is 1.66. The summed E-state index contributed by atoms with van der Waals surface area (Å²) in [5.41, 5.74) is 14.1. The summed E-state index contributed by atoms with van der Waals surface area (Å²) in [6.07, 6.45) is 0. The number of nitrogens with zero attached hydrogens (tertiary/aromatic N) is 1. The van der Waals surface area contributed by atoms with E-state index in [1.807, 2.05) is 30.3 Å². The van der Waals surface area contributed by atoms with Gasteiger partial charge in [-0.25, -0.2) is 4.99 Å². The van der Waals surface area contributed by atoms with Crippen molar-refractivity contribution in [2.75, 3.05) is 0 Å². The van der Waals surface area contributed by atoms with Crippen molar-refractivity contribution in [1.29, 1.82) is 0 Å². The van der Waals surface area contributed by atoms with E-state index < -0.39 is 0 Å². The zero-order chi connectivity index (χ0) is 12.1. The minimum atomic E-state index is 0. The highest BCUT2D eigenvalue weighted by atomic mass is 35.5. The fraction of sp³-hybridized carbons (Fsp3) is 0.0714. The maximum Gasteiger partial charge on any atom is 0.186 e. The molecular weight excluding hydrogens is 246 g/mol. The van der Waals surface area contributed by atoms with Gasteiger partial charge < -0.3 is 11.5 Å². The minimum Gasteiger partial charge on any atom is -0.370 e. The maximum absolute atomic E-state index is 5.32. The Morgan fingerprint density at radius 2 is 1.56 bits per heavy atom. The molecule has 0 radical (unpaired) electrons. The largest absolute Gasteiger partial charge is 0.370 e. The lowest BCUT2D eigenvalue weighted by Gasteiger charge is -2.03. The molecule has 0 aliphatic heterocycles. The Kier molecular flexibility index (Phi) is 5.21. The number of hydrogen-bond acceptors (Lipinski definition) is 1. The van der Waals surface area contributed by atoms with E-state index in [1.54, 1.807) is 0 Å². The molecule has 0 amide bonds. The number of rotatable bonds is 3. The molecule has 0 fully saturated rings. The van der Waals surface area contributed by atoms with Crippen molar-refractivity contribution in [3.63, 3.8) is 0 Å². The summed E-state index contributed by atoms with van der Waals surface area (Å²) < 4.78 is 0. The summed E-state index contributed by atoms with van der Waals surface area (Å²) in [4.78, 5) is 4.00. The first-order chi connectivity index (χ1) is 8.25. The smallest absolute Gasteiger partial charge is 0.186 e. The third-order valence-corrected chi connectivity index (χ3v) is 2.48. The van der Waals surface area contributed by atoms with Crippen molar-refractivity contribution in [2.45, 2.75) is 6.54 Å². The average molecular weight is 262 g/mol. The lowest BCUT2D eigenvalue weighted by molar-refractivity contribution is 1.06. The van der Waals surface area contributed by atoms with Crippen LogP contribution in [0.3, 0.4) is 0 Å². The summed E-state index contributed by atoms with van der Waals surface area (Å²) in [6.45, 7) is 0.517. The predicted octanol–water partition coefficient (Wildman–Crippen LogP) is 2.55. The Bertz CT molecular complexity index is 520. The van der Waals surface area contributed by atoms with E-state index in [-0.39, 0.29) is 18.4 Å². The van der Waals surface area contributed by atoms with Crippen LogP contribution in [0.1, 0.15) is 5.56 Å². The molecule has 0 saturated heterocycles. The summed E-state index contributed by atoms with van der Waals surface area (Å²) in [7, 11) is 0. The molecule has 0 aliphatic rings. The third kappa shape index (κ3) is 3.79. The van der Waals surface area contributed by atoms with Crippen molar-refractivity contribution < 1.29 is 0 Å². The van der Waals surface area contributed by atoms with Gasteiger partial charge in [-0.05, 0) is 22.8 Å². The Morgan fingerprint density at radius 3 is 2.22 bits per heavy atom. The molecule has 0 bridgehead atoms. The second-order valence-corrected chi connectivity index (χ2v) is 3.81. The Hall–Kier alpha value is -2.00. The average Bonchev–Trinajstić information content (AvgIpc) is 2.38. The molecule has 4 heteroatoms. The van der Waals surface area contributed by atoms with E-state index in [0.717, 1.165) is 5.56 Å². The summed E-state index contributed by atoms with van der Waals surface area (Å²) in [5, 5.41) is 0. The van der Waals surface area contributed by atoms with E-state index in [2.05, 4.69) is 29.3 Å². The van der Waals surface area contributed by atoms with Gasteiger partial charge in [-0.15, -0.1) is 12.4 Å². The molecule has 0 saturated carbocycles. The zero-order valence-corrected chi connectivity index (χ0v) is 10.7. The topological polar surface area (TPSA) is 64.4 Å². The van der Waals surface area contributed by atoms with Crippen molar-refractivity contribution in [1.82, 2.24) is 0 Å². The Labute approximate surface area is 113 Å². The highest BCUT2D eigenvalue weighted by Crippen LogP contribution is 2.20. The Morgan fingerprint density at radius 1 is 0.889 bits per heavy atom. The quantitative estimate of drug-likeness (QED) is 0.659. The number of aliphatic imine (C=N–C) groups is 1. The number of nitrogens with two attached hydrogens (primary N) is 2. The van der Waals surface area contributed by atoms with Gasteiger partial charge >= 0.3 is 0 Å². The molecule has 0 heterocycles. The fourth-order valence-electron chi connectivity index (χ4n) is 1.66. The molecule has 3 nitrogen and oxygen atoms in total. The highest BCUT2D eigenvalue weighted by Gasteiger charge is 1.98. The molecule has 0 unspecified atom stereocenters. The highest BCUT2D eigenvalue weighted by molar-refractivity contribution is 5.85. The zero-order valence-electron chi connectivity index (χ0n) is 9.91. The van der Waals surface area contributed by atoms with Crippen LogP contribution in [0, 0.1) is 0 Å². The number of benzene rings is 2. The molecule has 2 rings (SSSR count). The van der Waals surface area contributed by atoms with Gasteiger partial charge in [0, 0.05) is 0 Å². The monoisotopic (exact) mass is 261 g/mol. The first-order valence-electron chi connectivity index (χ1n) is 5.45. The van der Waals surface area contributed by atoms with Crippen LogP contribution in [0.4, 0.5) is 0 Å². The predicted molar refractivity (Wildman–Crippen MR) is 78.6 cm³/mol. The van der Waals surface area contributed by atoms with Gasteiger partial charge in [0.05, 0.1) is 6.54 Å². The van der Waals surface area contributed by atoms with Crippen LogP contribution in [0.15, 0.2) is 59.6 Å². The minimum absolute atomic E-state index is 0. The van der Waals surface area contributed by atoms with Crippen molar-refractivity contribution in [3.05, 3.63) is 60.2 Å². The molecule has 0 atom stereocenters. The number of guanidine groups is 1. The first-order valence-corrected chi connectivity index (χ1v) is 5.45. The van der Waals surface area contributed by atoms with Crippen LogP contribution >= 0.6 is 12.4 Å². The lowest BCUT2D eigenvalue weighted by atomic mass is 10.0. The van der Waals surface area contributed by atoms with Gasteiger partial charge in [0.15, 0.2) is 5.96 Å². The normalized spacial score (nSPS) is 9.33. The van der Waals surface area contributed by atoms with Crippen LogP contribution in [0.25, 0.3) is 11.1 Å². The van der Waals surface area contributed by atoms with E-state index in [4.69, 9.17) is 11.5 Å². The molecule has 0 spiro atoms. The second kappa shape index (κ2) is 6.67. The van der Waals surface area contributed by atoms with Gasteiger partial charge in [-0.1, -0.05) is 48.5 Å². The van der Waals surface area contributed by atoms with E-state index in [9.17, 15) is 0 Å². The molecule has 4 N–H and O–H groups in total. The van der Waals surface area contributed by atoms with Gasteiger partial charge in [0.1, 0.15) is 0 Å². The van der Waals surface area contributed by atoms with Crippen LogP contribution in [0.2, 0.25) is 0 Å². The molecular formula is C14H16ClN3. The molecule has 18 heavy (non-hydrogen) atoms. The lowest BCUT2D eigenvalue weighted by Crippen LogP contribution is -2.22.